The lowest BCUT2D eigenvalue weighted by molar-refractivity contribution is -0.186. The number of anilines is 1. The molecule has 0 radical (unpaired) electrons. The Balaban J connectivity index is 1.68. The Labute approximate surface area is 196 Å². The van der Waals surface area contributed by atoms with Gasteiger partial charge in [0.25, 0.3) is 0 Å². The summed E-state index contributed by atoms with van der Waals surface area (Å²) in [4.78, 5) is 13.1. The van der Waals surface area contributed by atoms with Crippen LogP contribution >= 0.6 is 11.8 Å². The zero-order valence-electron chi connectivity index (χ0n) is 18.2. The predicted molar refractivity (Wildman–Crippen MR) is 123 cm³/mol. The van der Waals surface area contributed by atoms with Crippen LogP contribution in [0.2, 0.25) is 0 Å². The smallest absolute Gasteiger partial charge is 0.332 e. The third-order valence-corrected chi connectivity index (χ3v) is 8.22. The first-order valence-corrected chi connectivity index (χ1v) is 12.9. The lowest BCUT2D eigenvalue weighted by atomic mass is 10.2. The number of benzene rings is 2. The highest BCUT2D eigenvalue weighted by Gasteiger charge is 2.44. The molecular weight excluding hydrogens is 475 g/mol. The highest BCUT2D eigenvalue weighted by molar-refractivity contribution is 7.98. The molecule has 0 aliphatic carbocycles. The average molecular weight is 502 g/mol. The van der Waals surface area contributed by atoms with Crippen molar-refractivity contribution in [3.63, 3.8) is 0 Å². The quantitative estimate of drug-likeness (QED) is 0.510. The minimum atomic E-state index is -4.96. The van der Waals surface area contributed by atoms with Crippen LogP contribution in [0.5, 0.6) is 0 Å². The van der Waals surface area contributed by atoms with Gasteiger partial charge in [0.1, 0.15) is 0 Å². The van der Waals surface area contributed by atoms with Crippen molar-refractivity contribution in [3.05, 3.63) is 60.2 Å². The van der Waals surface area contributed by atoms with Crippen LogP contribution < -0.4 is 4.31 Å². The van der Waals surface area contributed by atoms with Crippen LogP contribution in [0.3, 0.4) is 0 Å². The molecule has 2 aromatic carbocycles. The van der Waals surface area contributed by atoms with E-state index in [1.165, 1.54) is 9.87 Å². The molecule has 0 atom stereocenters. The van der Waals surface area contributed by atoms with Crippen molar-refractivity contribution in [2.45, 2.75) is 30.2 Å². The van der Waals surface area contributed by atoms with Crippen molar-refractivity contribution in [1.82, 2.24) is 9.21 Å². The first-order valence-electron chi connectivity index (χ1n) is 10.5. The highest BCUT2D eigenvalue weighted by Crippen LogP contribution is 2.28. The van der Waals surface area contributed by atoms with E-state index in [4.69, 9.17) is 0 Å². The van der Waals surface area contributed by atoms with Crippen molar-refractivity contribution in [2.75, 3.05) is 37.0 Å². The Morgan fingerprint density at radius 1 is 1.00 bits per heavy atom. The molecule has 2 aromatic rings. The molecule has 0 unspecified atom stereocenters. The van der Waals surface area contributed by atoms with Gasteiger partial charge in [-0.15, -0.1) is 11.8 Å². The van der Waals surface area contributed by atoms with Gasteiger partial charge in [-0.2, -0.15) is 25.9 Å². The molecule has 0 spiro atoms. The van der Waals surface area contributed by atoms with Gasteiger partial charge in [0.2, 0.25) is 0 Å². The summed E-state index contributed by atoms with van der Waals surface area (Å²) < 4.78 is 66.9. The molecule has 11 heteroatoms. The van der Waals surface area contributed by atoms with E-state index in [1.54, 1.807) is 23.9 Å². The summed E-state index contributed by atoms with van der Waals surface area (Å²) in [6.07, 6.45) is -4.40. The molecular formula is C22H26F3N3O3S2. The third kappa shape index (κ3) is 6.42. The van der Waals surface area contributed by atoms with Gasteiger partial charge in [-0.05, 0) is 36.2 Å². The molecule has 1 fully saturated rings. The fourth-order valence-corrected chi connectivity index (χ4v) is 6.03. The maximum Gasteiger partial charge on any atom is 0.471 e. The third-order valence-electron chi connectivity index (χ3n) is 5.17. The van der Waals surface area contributed by atoms with E-state index in [9.17, 15) is 26.4 Å². The first kappa shape index (κ1) is 25.4. The van der Waals surface area contributed by atoms with Gasteiger partial charge >= 0.3 is 22.3 Å². The van der Waals surface area contributed by atoms with E-state index in [0.29, 0.717) is 17.0 Å². The van der Waals surface area contributed by atoms with Gasteiger partial charge in [0.05, 0.1) is 5.69 Å². The van der Waals surface area contributed by atoms with Crippen LogP contribution in [0.25, 0.3) is 0 Å². The minimum Gasteiger partial charge on any atom is -0.332 e. The van der Waals surface area contributed by atoms with Crippen LogP contribution in [-0.4, -0.2) is 62.4 Å². The molecule has 6 nitrogen and oxygen atoms in total. The second-order valence-corrected chi connectivity index (χ2v) is 10.4. The Bertz CT molecular complexity index is 1020. The number of amides is 1. The van der Waals surface area contributed by atoms with Crippen LogP contribution in [0.4, 0.5) is 18.9 Å². The molecule has 180 valence electrons. The lowest BCUT2D eigenvalue weighted by Gasteiger charge is -2.37. The summed E-state index contributed by atoms with van der Waals surface area (Å²) in [5.41, 5.74) is 1.68. The molecule has 1 saturated heterocycles. The molecule has 1 heterocycles. The molecule has 33 heavy (non-hydrogen) atoms. The monoisotopic (exact) mass is 501 g/mol. The van der Waals surface area contributed by atoms with E-state index >= 15 is 0 Å². The molecule has 1 aliphatic rings. The number of alkyl halides is 3. The number of halogens is 3. The number of piperazine rings is 1. The maximum atomic E-state index is 13.3. The average Bonchev–Trinajstić information content (AvgIpc) is 2.81. The van der Waals surface area contributed by atoms with Crippen molar-refractivity contribution in [1.29, 1.82) is 0 Å². The molecule has 0 aromatic heterocycles. The van der Waals surface area contributed by atoms with Crippen LogP contribution in [0.15, 0.2) is 59.5 Å². The number of carbonyl (C=O) groups excluding carboxylic acids is 1. The summed E-state index contributed by atoms with van der Waals surface area (Å²) in [6.45, 7) is 1.12. The number of rotatable bonds is 8. The summed E-state index contributed by atoms with van der Waals surface area (Å²) >= 11 is 1.64. The van der Waals surface area contributed by atoms with E-state index in [2.05, 4.69) is 0 Å². The standard InChI is InChI=1S/C22H26F3N3O3S2/c1-2-12-28(19-8-10-20(11-9-19)32-17-18-6-4-3-5-7-18)33(30,31)27-15-13-26(14-16-27)21(29)22(23,24)25/h3-11H,2,12-17H2,1H3. The maximum absolute atomic E-state index is 13.3. The number of thioether (sulfide) groups is 1. The topological polar surface area (TPSA) is 60.9 Å². The number of hydrogen-bond acceptors (Lipinski definition) is 4. The van der Waals surface area contributed by atoms with Gasteiger partial charge in [-0.25, -0.2) is 0 Å². The van der Waals surface area contributed by atoms with Gasteiger partial charge in [0, 0.05) is 43.4 Å². The molecule has 0 N–H and O–H groups in total. The largest absolute Gasteiger partial charge is 0.471 e. The van der Waals surface area contributed by atoms with E-state index < -0.39 is 22.3 Å². The van der Waals surface area contributed by atoms with E-state index in [-0.39, 0.29) is 32.7 Å². The number of nitrogens with zero attached hydrogens (tertiary/aromatic N) is 3. The first-order chi connectivity index (χ1) is 15.6. The Hall–Kier alpha value is -2.24. The Morgan fingerprint density at radius 3 is 2.15 bits per heavy atom. The van der Waals surface area contributed by atoms with Crippen molar-refractivity contribution in [3.8, 4) is 0 Å². The van der Waals surface area contributed by atoms with Gasteiger partial charge < -0.3 is 4.90 Å². The summed E-state index contributed by atoms with van der Waals surface area (Å²) in [6, 6.07) is 17.2. The molecule has 1 amide bonds. The fourth-order valence-electron chi connectivity index (χ4n) is 3.47. The van der Waals surface area contributed by atoms with Gasteiger partial charge in [-0.3, -0.25) is 9.10 Å². The van der Waals surface area contributed by atoms with Crippen LogP contribution in [0.1, 0.15) is 18.9 Å². The van der Waals surface area contributed by atoms with Crippen LogP contribution in [0, 0.1) is 0 Å². The number of hydrogen-bond donors (Lipinski definition) is 0. The second-order valence-electron chi connectivity index (χ2n) is 7.54. The van der Waals surface area contributed by atoms with Crippen molar-refractivity contribution in [2.24, 2.45) is 0 Å². The van der Waals surface area contributed by atoms with E-state index in [1.807, 2.05) is 49.4 Å². The SMILES string of the molecule is CCCN(c1ccc(SCc2ccccc2)cc1)S(=O)(=O)N1CCN(C(=O)C(F)(F)F)CC1. The van der Waals surface area contributed by atoms with E-state index in [0.717, 1.165) is 15.0 Å². The molecule has 0 saturated carbocycles. The zero-order chi connectivity index (χ0) is 24.1. The van der Waals surface area contributed by atoms with Crippen molar-refractivity contribution < 1.29 is 26.4 Å². The lowest BCUT2D eigenvalue weighted by Crippen LogP contribution is -2.56. The van der Waals surface area contributed by atoms with Gasteiger partial charge in [-0.1, -0.05) is 37.3 Å². The number of carbonyl (C=O) groups is 1. The molecule has 3 rings (SSSR count). The summed E-state index contributed by atoms with van der Waals surface area (Å²) in [5.74, 6) is -1.15. The zero-order valence-corrected chi connectivity index (χ0v) is 19.8. The fraction of sp³-hybridized carbons (Fsp3) is 0.409. The van der Waals surface area contributed by atoms with Gasteiger partial charge in [0.15, 0.2) is 0 Å². The Kier molecular flexibility index (Phi) is 8.30. The van der Waals surface area contributed by atoms with Crippen molar-refractivity contribution >= 4 is 33.6 Å². The molecule has 0 bridgehead atoms. The second kappa shape index (κ2) is 10.8. The van der Waals surface area contributed by atoms with Crippen LogP contribution in [-0.2, 0) is 20.8 Å². The predicted octanol–water partition coefficient (Wildman–Crippen LogP) is 4.15. The summed E-state index contributed by atoms with van der Waals surface area (Å²) in [5, 5.41) is 0. The Morgan fingerprint density at radius 2 is 1.61 bits per heavy atom. The summed E-state index contributed by atoms with van der Waals surface area (Å²) in [7, 11) is -3.95. The minimum absolute atomic E-state index is 0.185. The highest BCUT2D eigenvalue weighted by atomic mass is 32.2. The normalized spacial score (nSPS) is 15.5. The molecule has 1 aliphatic heterocycles.